The Balaban J connectivity index is 1.67. The van der Waals surface area contributed by atoms with Crippen molar-refractivity contribution in [2.24, 2.45) is 0 Å². The Morgan fingerprint density at radius 3 is 2.29 bits per heavy atom. The molecule has 1 atom stereocenters. The van der Waals surface area contributed by atoms with Gasteiger partial charge in [-0.2, -0.15) is 4.31 Å². The molecule has 0 N–H and O–H groups in total. The molecule has 0 radical (unpaired) electrons. The van der Waals surface area contributed by atoms with Crippen LogP contribution in [0, 0.1) is 6.92 Å². The highest BCUT2D eigenvalue weighted by Gasteiger charge is 2.56. The van der Waals surface area contributed by atoms with Gasteiger partial charge in [0.1, 0.15) is 11.1 Å². The molecule has 9 heteroatoms. The van der Waals surface area contributed by atoms with E-state index in [1.54, 1.807) is 55.1 Å². The van der Waals surface area contributed by atoms with Crippen LogP contribution in [0.2, 0.25) is 0 Å². The number of anilines is 1. The Kier molecular flexibility index (Phi) is 6.40. The number of amides is 2. The number of hydrogen-bond donors (Lipinski definition) is 0. The first kappa shape index (κ1) is 25.4. The third-order valence-electron chi connectivity index (χ3n) is 6.79. The maximum atomic E-state index is 14.1. The van der Waals surface area contributed by atoms with Gasteiger partial charge in [0.2, 0.25) is 11.8 Å². The molecule has 1 spiro atoms. The van der Waals surface area contributed by atoms with Gasteiger partial charge >= 0.3 is 5.97 Å². The predicted octanol–water partition coefficient (Wildman–Crippen LogP) is 3.85. The molecule has 2 aliphatic rings. The number of sulfonamides is 1. The summed E-state index contributed by atoms with van der Waals surface area (Å²) in [6.07, 6.45) is 0.840. The fraction of sp³-hybridized carbons (Fsp3) is 0.207. The van der Waals surface area contributed by atoms with Crippen LogP contribution in [0.4, 0.5) is 5.69 Å². The maximum Gasteiger partial charge on any atom is 0.355 e. The molecule has 3 aromatic rings. The number of fused-ring (bicyclic) bond motifs is 2. The molecular weight excluding hydrogens is 504 g/mol. The largest absolute Gasteiger partial charge is 0.461 e. The van der Waals surface area contributed by atoms with Crippen molar-refractivity contribution in [3.8, 4) is 0 Å². The standard InChI is InChI=1S/C29H26N2O6S/c1-3-37-27(33)25-17-29(18-26(32)31(25)38(35,36)22-15-13-20(2)14-16-22)23-11-7-8-12-24(23)30(28(29)34)19-21-9-5-4-6-10-21/h4-17H,3,18-19H2,1-2H3/t29-/m0/s1. The summed E-state index contributed by atoms with van der Waals surface area (Å²) in [4.78, 5) is 42.4. The number of carbonyl (C=O) groups is 3. The molecule has 0 saturated carbocycles. The number of hydrogen-bond acceptors (Lipinski definition) is 6. The molecule has 38 heavy (non-hydrogen) atoms. The highest BCUT2D eigenvalue weighted by molar-refractivity contribution is 7.89. The average Bonchev–Trinajstić information content (AvgIpc) is 3.11. The van der Waals surface area contributed by atoms with Gasteiger partial charge < -0.3 is 9.64 Å². The molecule has 5 rings (SSSR count). The molecule has 0 fully saturated rings. The maximum absolute atomic E-state index is 14.1. The summed E-state index contributed by atoms with van der Waals surface area (Å²) in [5.41, 5.74) is 0.804. The molecule has 3 aromatic carbocycles. The third kappa shape index (κ3) is 4.09. The van der Waals surface area contributed by atoms with Gasteiger partial charge in [-0.25, -0.2) is 13.2 Å². The zero-order chi connectivity index (χ0) is 27.1. The Hall–Kier alpha value is -4.24. The van der Waals surface area contributed by atoms with Crippen molar-refractivity contribution in [2.45, 2.75) is 37.1 Å². The smallest absolute Gasteiger partial charge is 0.355 e. The lowest BCUT2D eigenvalue weighted by Crippen LogP contribution is -2.50. The summed E-state index contributed by atoms with van der Waals surface area (Å²) >= 11 is 0. The van der Waals surface area contributed by atoms with E-state index >= 15 is 0 Å². The van der Waals surface area contributed by atoms with Crippen LogP contribution in [0.3, 0.4) is 0 Å². The molecule has 0 aromatic heterocycles. The van der Waals surface area contributed by atoms with E-state index < -0.39 is 45.3 Å². The number of carbonyl (C=O) groups excluding carboxylic acids is 3. The highest BCUT2D eigenvalue weighted by Crippen LogP contribution is 2.49. The lowest BCUT2D eigenvalue weighted by molar-refractivity contribution is -0.143. The molecule has 194 valence electrons. The summed E-state index contributed by atoms with van der Waals surface area (Å²) in [5.74, 6) is -2.30. The van der Waals surface area contributed by atoms with Crippen LogP contribution in [0.1, 0.15) is 30.0 Å². The molecule has 8 nitrogen and oxygen atoms in total. The SMILES string of the molecule is CCOC(=O)C1=C[C@@]2(CC(=O)N1S(=O)(=O)c1ccc(C)cc1)C(=O)N(Cc1ccccc1)c1ccccc12. The summed E-state index contributed by atoms with van der Waals surface area (Å²) in [6.45, 7) is 3.59. The fourth-order valence-electron chi connectivity index (χ4n) is 5.00. The minimum atomic E-state index is -4.45. The second kappa shape index (κ2) is 9.57. The first-order valence-corrected chi connectivity index (χ1v) is 13.6. The number of para-hydroxylation sites is 1. The van der Waals surface area contributed by atoms with Crippen LogP contribution in [0.5, 0.6) is 0 Å². The van der Waals surface area contributed by atoms with Crippen LogP contribution >= 0.6 is 0 Å². The Morgan fingerprint density at radius 1 is 0.947 bits per heavy atom. The van der Waals surface area contributed by atoms with E-state index in [1.807, 2.05) is 30.3 Å². The van der Waals surface area contributed by atoms with Crippen LogP contribution < -0.4 is 4.90 Å². The summed E-state index contributed by atoms with van der Waals surface area (Å²) in [6, 6.07) is 22.4. The van der Waals surface area contributed by atoms with E-state index in [9.17, 15) is 22.8 Å². The van der Waals surface area contributed by atoms with Crippen molar-refractivity contribution >= 4 is 33.5 Å². The molecule has 2 aliphatic heterocycles. The van der Waals surface area contributed by atoms with Gasteiger partial charge in [0.15, 0.2) is 0 Å². The van der Waals surface area contributed by atoms with E-state index in [0.717, 1.165) is 11.1 Å². The Morgan fingerprint density at radius 2 is 1.61 bits per heavy atom. The molecule has 0 aliphatic carbocycles. The van der Waals surface area contributed by atoms with Gasteiger partial charge in [-0.1, -0.05) is 66.2 Å². The Bertz CT molecular complexity index is 1560. The number of benzene rings is 3. The number of aryl methyl sites for hydroxylation is 1. The van der Waals surface area contributed by atoms with Crippen LogP contribution in [-0.2, 0) is 41.1 Å². The Labute approximate surface area is 221 Å². The summed E-state index contributed by atoms with van der Waals surface area (Å²) in [7, 11) is -4.45. The number of rotatable bonds is 6. The number of ether oxygens (including phenoxy) is 1. The molecule has 0 unspecified atom stereocenters. The quantitative estimate of drug-likeness (QED) is 0.449. The zero-order valence-corrected chi connectivity index (χ0v) is 21.8. The fourth-order valence-corrected chi connectivity index (χ4v) is 6.41. The van der Waals surface area contributed by atoms with Crippen molar-refractivity contribution in [3.63, 3.8) is 0 Å². The highest BCUT2D eigenvalue weighted by atomic mass is 32.2. The van der Waals surface area contributed by atoms with E-state index in [1.165, 1.54) is 18.2 Å². The van der Waals surface area contributed by atoms with Gasteiger partial charge in [0.05, 0.1) is 24.5 Å². The average molecular weight is 531 g/mol. The van der Waals surface area contributed by atoms with Crippen LogP contribution in [0.25, 0.3) is 0 Å². The van der Waals surface area contributed by atoms with Gasteiger partial charge in [0.25, 0.3) is 10.0 Å². The predicted molar refractivity (Wildman–Crippen MR) is 140 cm³/mol. The second-order valence-electron chi connectivity index (χ2n) is 9.27. The topological polar surface area (TPSA) is 101 Å². The van der Waals surface area contributed by atoms with E-state index in [2.05, 4.69) is 0 Å². The first-order chi connectivity index (χ1) is 18.2. The van der Waals surface area contributed by atoms with E-state index in [0.29, 0.717) is 15.6 Å². The van der Waals surface area contributed by atoms with Crippen molar-refractivity contribution in [3.05, 3.63) is 107 Å². The van der Waals surface area contributed by atoms with Gasteiger partial charge in [-0.15, -0.1) is 0 Å². The minimum absolute atomic E-state index is 0.0412. The van der Waals surface area contributed by atoms with E-state index in [4.69, 9.17) is 4.74 Å². The van der Waals surface area contributed by atoms with Crippen molar-refractivity contribution < 1.29 is 27.5 Å². The lowest BCUT2D eigenvalue weighted by atomic mass is 9.76. The summed E-state index contributed by atoms with van der Waals surface area (Å²) < 4.78 is 32.9. The van der Waals surface area contributed by atoms with Gasteiger partial charge in [-0.05, 0) is 49.2 Å². The number of nitrogens with zero attached hydrogens (tertiary/aromatic N) is 2. The normalized spacial score (nSPS) is 18.9. The third-order valence-corrected chi connectivity index (χ3v) is 8.54. The van der Waals surface area contributed by atoms with E-state index in [-0.39, 0.29) is 18.0 Å². The molecule has 2 amide bonds. The molecule has 0 bridgehead atoms. The van der Waals surface area contributed by atoms with Crippen LogP contribution in [0.15, 0.2) is 95.5 Å². The van der Waals surface area contributed by atoms with Crippen LogP contribution in [-0.4, -0.2) is 37.1 Å². The summed E-state index contributed by atoms with van der Waals surface area (Å²) in [5, 5.41) is 0. The van der Waals surface area contributed by atoms with Gasteiger partial charge in [-0.3, -0.25) is 9.59 Å². The molecule has 2 heterocycles. The zero-order valence-electron chi connectivity index (χ0n) is 21.0. The minimum Gasteiger partial charge on any atom is -0.461 e. The monoisotopic (exact) mass is 530 g/mol. The lowest BCUT2D eigenvalue weighted by Gasteiger charge is -2.35. The second-order valence-corrected chi connectivity index (χ2v) is 11.1. The van der Waals surface area contributed by atoms with Gasteiger partial charge in [0, 0.05) is 5.69 Å². The first-order valence-electron chi connectivity index (χ1n) is 12.2. The molecule has 0 saturated heterocycles. The van der Waals surface area contributed by atoms with Crippen molar-refractivity contribution in [1.82, 2.24) is 4.31 Å². The number of esters is 1. The van der Waals surface area contributed by atoms with Crippen molar-refractivity contribution in [2.75, 3.05) is 11.5 Å². The molecular formula is C29H26N2O6S. The van der Waals surface area contributed by atoms with Crippen molar-refractivity contribution in [1.29, 1.82) is 0 Å².